The molecule has 3 rings (SSSR count). The van der Waals surface area contributed by atoms with Crippen LogP contribution in [0.1, 0.15) is 0 Å². The Labute approximate surface area is 138 Å². The molecule has 118 valence electrons. The van der Waals surface area contributed by atoms with E-state index in [9.17, 15) is 4.79 Å². The lowest BCUT2D eigenvalue weighted by molar-refractivity contribution is 0.770. The average molecular weight is 326 g/mol. The van der Waals surface area contributed by atoms with Crippen LogP contribution < -0.4 is 16.6 Å². The van der Waals surface area contributed by atoms with E-state index in [1.54, 1.807) is 10.6 Å². The molecule has 0 amide bonds. The molecule has 0 fully saturated rings. The van der Waals surface area contributed by atoms with Gasteiger partial charge in [0.25, 0.3) is 5.56 Å². The Kier molecular flexibility index (Phi) is 4.55. The fourth-order valence-electron chi connectivity index (χ4n) is 2.38. The summed E-state index contributed by atoms with van der Waals surface area (Å²) < 4.78 is 1.59. The first kappa shape index (κ1) is 15.5. The first-order chi connectivity index (χ1) is 11.2. The summed E-state index contributed by atoms with van der Waals surface area (Å²) in [5.41, 5.74) is 6.56. The molecule has 23 heavy (non-hydrogen) atoms. The maximum Gasteiger partial charge on any atom is 0.263 e. The molecule has 5 nitrogen and oxygen atoms in total. The highest BCUT2D eigenvalue weighted by Crippen LogP contribution is 2.31. The Morgan fingerprint density at radius 2 is 2.13 bits per heavy atom. The fourth-order valence-corrected chi connectivity index (χ4v) is 3.41. The van der Waals surface area contributed by atoms with Crippen LogP contribution in [0.5, 0.6) is 0 Å². The van der Waals surface area contributed by atoms with Gasteiger partial charge in [0.15, 0.2) is 0 Å². The number of fused-ring (bicyclic) bond motifs is 1. The largest absolute Gasteiger partial charge is 0.354 e. The zero-order chi connectivity index (χ0) is 16.2. The van der Waals surface area contributed by atoms with Gasteiger partial charge in [0.05, 0.1) is 5.39 Å². The van der Waals surface area contributed by atoms with Gasteiger partial charge in [0.2, 0.25) is 5.95 Å². The zero-order valence-corrected chi connectivity index (χ0v) is 13.5. The maximum atomic E-state index is 12.8. The molecule has 3 N–H and O–H groups in total. The Morgan fingerprint density at radius 3 is 2.83 bits per heavy atom. The number of rotatable bonds is 6. The number of hydrogen-bond donors (Lipinski definition) is 2. The molecular weight excluding hydrogens is 308 g/mol. The minimum Gasteiger partial charge on any atom is -0.354 e. The molecule has 2 aromatic heterocycles. The normalized spacial score (nSPS) is 10.8. The van der Waals surface area contributed by atoms with Gasteiger partial charge in [-0.05, 0) is 11.6 Å². The lowest BCUT2D eigenvalue weighted by Crippen LogP contribution is -2.26. The monoisotopic (exact) mass is 326 g/mol. The SMILES string of the molecule is C=CCn1c(NCCN)nc2sc(-c3ccccc3)cc2c1=O. The zero-order valence-electron chi connectivity index (χ0n) is 12.7. The molecule has 0 saturated carbocycles. The van der Waals surface area contributed by atoms with Gasteiger partial charge in [0.1, 0.15) is 4.83 Å². The van der Waals surface area contributed by atoms with Crippen LogP contribution in [-0.4, -0.2) is 22.6 Å². The fraction of sp³-hybridized carbons (Fsp3) is 0.176. The molecular formula is C17H18N4OS. The van der Waals surface area contributed by atoms with Gasteiger partial charge in [0, 0.05) is 24.5 Å². The predicted octanol–water partition coefficient (Wildman–Crippen LogP) is 2.68. The van der Waals surface area contributed by atoms with Gasteiger partial charge in [-0.1, -0.05) is 36.4 Å². The summed E-state index contributed by atoms with van der Waals surface area (Å²) in [6.07, 6.45) is 1.69. The summed E-state index contributed by atoms with van der Waals surface area (Å²) in [5, 5.41) is 3.75. The number of thiophene rings is 1. The van der Waals surface area contributed by atoms with Crippen LogP contribution >= 0.6 is 11.3 Å². The van der Waals surface area contributed by atoms with Crippen molar-refractivity contribution in [1.82, 2.24) is 9.55 Å². The standard InChI is InChI=1S/C17H18N4OS/c1-2-10-21-16(22)13-11-14(12-6-4-3-5-7-12)23-15(13)20-17(21)19-9-8-18/h2-7,11H,1,8-10,18H2,(H,19,20). The maximum absolute atomic E-state index is 12.8. The number of hydrogen-bond acceptors (Lipinski definition) is 5. The molecule has 0 aliphatic rings. The van der Waals surface area contributed by atoms with Crippen LogP contribution in [0.3, 0.4) is 0 Å². The number of nitrogens with zero attached hydrogens (tertiary/aromatic N) is 2. The summed E-state index contributed by atoms with van der Waals surface area (Å²) in [4.78, 5) is 19.1. The summed E-state index contributed by atoms with van der Waals surface area (Å²) in [6.45, 7) is 5.16. The van der Waals surface area contributed by atoms with Crippen molar-refractivity contribution in [2.75, 3.05) is 18.4 Å². The molecule has 0 unspecified atom stereocenters. The molecule has 0 saturated heterocycles. The van der Waals surface area contributed by atoms with Crippen molar-refractivity contribution in [3.05, 3.63) is 59.4 Å². The highest BCUT2D eigenvalue weighted by molar-refractivity contribution is 7.21. The Morgan fingerprint density at radius 1 is 1.35 bits per heavy atom. The lowest BCUT2D eigenvalue weighted by Gasteiger charge is -2.11. The molecule has 0 atom stereocenters. The van der Waals surface area contributed by atoms with Gasteiger partial charge in [-0.3, -0.25) is 9.36 Å². The van der Waals surface area contributed by atoms with E-state index in [4.69, 9.17) is 5.73 Å². The molecule has 0 bridgehead atoms. The molecule has 2 heterocycles. The van der Waals surface area contributed by atoms with E-state index in [2.05, 4.69) is 16.9 Å². The van der Waals surface area contributed by atoms with Crippen LogP contribution in [0, 0.1) is 0 Å². The molecule has 0 aliphatic heterocycles. The number of benzene rings is 1. The number of nitrogens with two attached hydrogens (primary N) is 1. The second-order valence-electron chi connectivity index (χ2n) is 5.05. The minimum absolute atomic E-state index is 0.0622. The topological polar surface area (TPSA) is 72.9 Å². The van der Waals surface area contributed by atoms with Gasteiger partial charge >= 0.3 is 0 Å². The smallest absolute Gasteiger partial charge is 0.263 e. The first-order valence-electron chi connectivity index (χ1n) is 7.39. The van der Waals surface area contributed by atoms with Gasteiger partial charge in [-0.2, -0.15) is 0 Å². The van der Waals surface area contributed by atoms with Crippen molar-refractivity contribution in [2.45, 2.75) is 6.54 Å². The summed E-state index contributed by atoms with van der Waals surface area (Å²) in [5.74, 6) is 0.536. The van der Waals surface area contributed by atoms with Gasteiger partial charge in [-0.15, -0.1) is 17.9 Å². The van der Waals surface area contributed by atoms with Gasteiger partial charge < -0.3 is 11.1 Å². The number of anilines is 1. The van der Waals surface area contributed by atoms with Crippen LogP contribution in [0.2, 0.25) is 0 Å². The minimum atomic E-state index is -0.0622. The van der Waals surface area contributed by atoms with Crippen molar-refractivity contribution in [1.29, 1.82) is 0 Å². The van der Waals surface area contributed by atoms with E-state index in [-0.39, 0.29) is 5.56 Å². The molecule has 6 heteroatoms. The quantitative estimate of drug-likeness (QED) is 0.683. The summed E-state index contributed by atoms with van der Waals surface area (Å²) >= 11 is 1.52. The molecule has 0 spiro atoms. The highest BCUT2D eigenvalue weighted by atomic mass is 32.1. The third-order valence-corrected chi connectivity index (χ3v) is 4.53. The van der Waals surface area contributed by atoms with Crippen molar-refractivity contribution in [2.24, 2.45) is 5.73 Å². The second-order valence-corrected chi connectivity index (χ2v) is 6.08. The number of nitrogens with one attached hydrogen (secondary N) is 1. The van der Waals surface area contributed by atoms with Crippen LogP contribution in [0.15, 0.2) is 53.8 Å². The molecule has 3 aromatic rings. The molecule has 1 aromatic carbocycles. The van der Waals surface area contributed by atoms with E-state index in [1.165, 1.54) is 11.3 Å². The predicted molar refractivity (Wildman–Crippen MR) is 97.1 cm³/mol. The Bertz CT molecular complexity index is 883. The summed E-state index contributed by atoms with van der Waals surface area (Å²) in [7, 11) is 0. The van der Waals surface area contributed by atoms with Crippen molar-refractivity contribution in [3.8, 4) is 10.4 Å². The van der Waals surface area contributed by atoms with Crippen molar-refractivity contribution in [3.63, 3.8) is 0 Å². The third kappa shape index (κ3) is 3.04. The summed E-state index contributed by atoms with van der Waals surface area (Å²) in [6, 6.07) is 11.9. The first-order valence-corrected chi connectivity index (χ1v) is 8.21. The van der Waals surface area contributed by atoms with E-state index in [0.29, 0.717) is 31.0 Å². The Balaban J connectivity index is 2.16. The van der Waals surface area contributed by atoms with E-state index >= 15 is 0 Å². The van der Waals surface area contributed by atoms with Gasteiger partial charge in [-0.25, -0.2) is 4.98 Å². The van der Waals surface area contributed by atoms with E-state index in [0.717, 1.165) is 15.3 Å². The second kappa shape index (κ2) is 6.76. The van der Waals surface area contributed by atoms with Crippen molar-refractivity contribution >= 4 is 27.5 Å². The average Bonchev–Trinajstić information content (AvgIpc) is 3.01. The highest BCUT2D eigenvalue weighted by Gasteiger charge is 2.14. The van der Waals surface area contributed by atoms with Crippen molar-refractivity contribution < 1.29 is 0 Å². The number of aromatic nitrogens is 2. The van der Waals surface area contributed by atoms with E-state index in [1.807, 2.05) is 36.4 Å². The molecule has 0 radical (unpaired) electrons. The number of allylic oxidation sites excluding steroid dienone is 1. The lowest BCUT2D eigenvalue weighted by atomic mass is 10.2. The third-order valence-electron chi connectivity index (χ3n) is 3.45. The van der Waals surface area contributed by atoms with Crippen LogP contribution in [0.4, 0.5) is 5.95 Å². The van der Waals surface area contributed by atoms with Crippen LogP contribution in [-0.2, 0) is 6.54 Å². The Hall–Kier alpha value is -2.44. The van der Waals surface area contributed by atoms with E-state index < -0.39 is 0 Å². The molecule has 0 aliphatic carbocycles. The van der Waals surface area contributed by atoms with Crippen LogP contribution in [0.25, 0.3) is 20.7 Å².